The first-order chi connectivity index (χ1) is 10.1. The van der Waals surface area contributed by atoms with Crippen LogP contribution in [-0.2, 0) is 4.74 Å². The van der Waals surface area contributed by atoms with Crippen molar-refractivity contribution < 1.29 is 9.13 Å². The van der Waals surface area contributed by atoms with Crippen LogP contribution in [0.2, 0.25) is 0 Å². The lowest BCUT2D eigenvalue weighted by atomic mass is 10.1. The van der Waals surface area contributed by atoms with Crippen molar-refractivity contribution in [3.8, 4) is 0 Å². The number of nitrogens with one attached hydrogen (secondary N) is 1. The van der Waals surface area contributed by atoms with Gasteiger partial charge in [-0.2, -0.15) is 0 Å². The average Bonchev–Trinajstić information content (AvgIpc) is 2.96. The number of ether oxygens (including phenoxy) is 1. The summed E-state index contributed by atoms with van der Waals surface area (Å²) < 4.78 is 20.1. The van der Waals surface area contributed by atoms with E-state index in [-0.39, 0.29) is 17.9 Å². The molecule has 0 amide bonds. The van der Waals surface area contributed by atoms with Crippen molar-refractivity contribution in [2.75, 3.05) is 20.3 Å². The van der Waals surface area contributed by atoms with Gasteiger partial charge in [-0.25, -0.2) is 9.07 Å². The molecule has 0 spiro atoms. The maximum atomic E-state index is 13.3. The van der Waals surface area contributed by atoms with E-state index in [1.54, 1.807) is 17.9 Å². The molecule has 2 rings (SSSR count). The Morgan fingerprint density at radius 1 is 1.38 bits per heavy atom. The van der Waals surface area contributed by atoms with Crippen LogP contribution >= 0.6 is 0 Å². The summed E-state index contributed by atoms with van der Waals surface area (Å²) in [6, 6.07) is 6.31. The molecule has 7 heteroatoms. The molecule has 0 saturated carbocycles. The van der Waals surface area contributed by atoms with Crippen molar-refractivity contribution in [2.45, 2.75) is 25.9 Å². The van der Waals surface area contributed by atoms with Gasteiger partial charge >= 0.3 is 0 Å². The minimum atomic E-state index is -0.264. The zero-order chi connectivity index (χ0) is 15.2. The summed E-state index contributed by atoms with van der Waals surface area (Å²) >= 11 is 0. The van der Waals surface area contributed by atoms with Gasteiger partial charge in [0.25, 0.3) is 0 Å². The Balaban J connectivity index is 2.15. The Labute approximate surface area is 123 Å². The predicted octanol–water partition coefficient (Wildman–Crippen LogP) is 1.72. The fourth-order valence-electron chi connectivity index (χ4n) is 2.14. The molecule has 0 aliphatic carbocycles. The maximum absolute atomic E-state index is 13.3. The van der Waals surface area contributed by atoms with Crippen molar-refractivity contribution in [1.82, 2.24) is 25.5 Å². The van der Waals surface area contributed by atoms with Gasteiger partial charge in [0.15, 0.2) is 5.82 Å². The van der Waals surface area contributed by atoms with Crippen molar-refractivity contribution in [1.29, 1.82) is 0 Å². The second-order valence-electron chi connectivity index (χ2n) is 4.88. The van der Waals surface area contributed by atoms with Crippen molar-refractivity contribution in [3.05, 3.63) is 41.5 Å². The van der Waals surface area contributed by atoms with Crippen LogP contribution in [0.3, 0.4) is 0 Å². The van der Waals surface area contributed by atoms with Crippen molar-refractivity contribution in [3.63, 3.8) is 0 Å². The van der Waals surface area contributed by atoms with Crippen LogP contribution in [0.25, 0.3) is 0 Å². The topological polar surface area (TPSA) is 64.9 Å². The molecule has 0 bridgehead atoms. The molecule has 0 aliphatic heterocycles. The third-order valence-electron chi connectivity index (χ3n) is 3.36. The Morgan fingerprint density at radius 2 is 2.19 bits per heavy atom. The van der Waals surface area contributed by atoms with E-state index in [1.165, 1.54) is 12.1 Å². The molecule has 1 heterocycles. The van der Waals surface area contributed by atoms with Gasteiger partial charge < -0.3 is 10.1 Å². The molecule has 0 fully saturated rings. The predicted molar refractivity (Wildman–Crippen MR) is 76.3 cm³/mol. The molecular weight excluding hydrogens is 273 g/mol. The smallest absolute Gasteiger partial charge is 0.168 e. The van der Waals surface area contributed by atoms with Crippen LogP contribution in [0.5, 0.6) is 0 Å². The highest BCUT2D eigenvalue weighted by Gasteiger charge is 2.19. The van der Waals surface area contributed by atoms with Crippen LogP contribution in [0.15, 0.2) is 24.3 Å². The third-order valence-corrected chi connectivity index (χ3v) is 3.36. The quantitative estimate of drug-likeness (QED) is 0.787. The highest BCUT2D eigenvalue weighted by molar-refractivity contribution is 5.20. The zero-order valence-electron chi connectivity index (χ0n) is 12.5. The normalized spacial score (nSPS) is 14.1. The summed E-state index contributed by atoms with van der Waals surface area (Å²) in [5, 5.41) is 15.1. The van der Waals surface area contributed by atoms with E-state index in [0.29, 0.717) is 19.0 Å². The summed E-state index contributed by atoms with van der Waals surface area (Å²) in [5.41, 5.74) is 0.827. The van der Waals surface area contributed by atoms with Gasteiger partial charge in [0, 0.05) is 13.7 Å². The van der Waals surface area contributed by atoms with Crippen molar-refractivity contribution in [2.24, 2.45) is 0 Å². The molecule has 2 atom stereocenters. The maximum Gasteiger partial charge on any atom is 0.168 e. The monoisotopic (exact) mass is 293 g/mol. The largest absolute Gasteiger partial charge is 0.383 e. The van der Waals surface area contributed by atoms with Crippen LogP contribution in [0, 0.1) is 5.82 Å². The Hall–Kier alpha value is -1.86. The number of hydrogen-bond donors (Lipinski definition) is 1. The van der Waals surface area contributed by atoms with E-state index in [1.807, 2.05) is 19.9 Å². The summed E-state index contributed by atoms with van der Waals surface area (Å²) in [6.07, 6.45) is 0. The van der Waals surface area contributed by atoms with E-state index in [4.69, 9.17) is 4.74 Å². The number of tetrazole rings is 1. The molecule has 1 aromatic heterocycles. The summed E-state index contributed by atoms with van der Waals surface area (Å²) in [5.74, 6) is 0.447. The van der Waals surface area contributed by atoms with E-state index < -0.39 is 0 Å². The molecule has 1 N–H and O–H groups in total. The number of nitrogens with zero attached hydrogens (tertiary/aromatic N) is 4. The van der Waals surface area contributed by atoms with Gasteiger partial charge in [0.05, 0.1) is 18.7 Å². The number of methoxy groups -OCH3 is 1. The van der Waals surface area contributed by atoms with E-state index in [2.05, 4.69) is 20.8 Å². The lowest BCUT2D eigenvalue weighted by molar-refractivity contribution is 0.195. The first-order valence-corrected chi connectivity index (χ1v) is 6.89. The van der Waals surface area contributed by atoms with Gasteiger partial charge in [-0.3, -0.25) is 0 Å². The van der Waals surface area contributed by atoms with E-state index in [0.717, 1.165) is 5.56 Å². The van der Waals surface area contributed by atoms with Gasteiger partial charge in [0.1, 0.15) is 5.82 Å². The number of hydrogen-bond acceptors (Lipinski definition) is 5. The molecule has 0 aliphatic rings. The van der Waals surface area contributed by atoms with Crippen LogP contribution in [0.1, 0.15) is 37.3 Å². The standard InChI is InChI=1S/C14H20FN5O/c1-10(16-7-8-21-3)14-17-18-19-20(14)11(2)12-5-4-6-13(15)9-12/h4-6,9-11,16H,7-8H2,1-3H3. The molecule has 0 saturated heterocycles. The van der Waals surface area contributed by atoms with Gasteiger partial charge in [-0.15, -0.1) is 5.10 Å². The third kappa shape index (κ3) is 3.83. The lowest BCUT2D eigenvalue weighted by Crippen LogP contribution is -2.26. The Morgan fingerprint density at radius 3 is 2.90 bits per heavy atom. The lowest BCUT2D eigenvalue weighted by Gasteiger charge is -2.18. The molecule has 0 radical (unpaired) electrons. The fraction of sp³-hybridized carbons (Fsp3) is 0.500. The summed E-state index contributed by atoms with van der Waals surface area (Å²) in [6.45, 7) is 5.25. The summed E-state index contributed by atoms with van der Waals surface area (Å²) in [7, 11) is 1.66. The summed E-state index contributed by atoms with van der Waals surface area (Å²) in [4.78, 5) is 0. The Kier molecular flexibility index (Phi) is 5.35. The van der Waals surface area contributed by atoms with Crippen LogP contribution < -0.4 is 5.32 Å². The molecular formula is C14H20FN5O. The van der Waals surface area contributed by atoms with E-state index in [9.17, 15) is 4.39 Å². The second kappa shape index (κ2) is 7.24. The van der Waals surface area contributed by atoms with Gasteiger partial charge in [-0.1, -0.05) is 12.1 Å². The number of rotatable bonds is 7. The molecule has 21 heavy (non-hydrogen) atoms. The zero-order valence-corrected chi connectivity index (χ0v) is 12.5. The highest BCUT2D eigenvalue weighted by atomic mass is 19.1. The minimum absolute atomic E-state index is 0.0221. The second-order valence-corrected chi connectivity index (χ2v) is 4.88. The molecule has 1 aromatic carbocycles. The highest BCUT2D eigenvalue weighted by Crippen LogP contribution is 2.20. The SMILES string of the molecule is COCCNC(C)c1nnnn1C(C)c1cccc(F)c1. The minimum Gasteiger partial charge on any atom is -0.383 e. The van der Waals surface area contributed by atoms with Gasteiger partial charge in [0.2, 0.25) is 0 Å². The molecule has 6 nitrogen and oxygen atoms in total. The van der Waals surface area contributed by atoms with Crippen LogP contribution in [-0.4, -0.2) is 40.5 Å². The van der Waals surface area contributed by atoms with E-state index >= 15 is 0 Å². The average molecular weight is 293 g/mol. The number of aromatic nitrogens is 4. The van der Waals surface area contributed by atoms with Crippen molar-refractivity contribution >= 4 is 0 Å². The molecule has 114 valence electrons. The first kappa shape index (κ1) is 15.5. The molecule has 2 unspecified atom stereocenters. The molecule has 2 aromatic rings. The van der Waals surface area contributed by atoms with Gasteiger partial charge in [-0.05, 0) is 42.0 Å². The fourth-order valence-corrected chi connectivity index (χ4v) is 2.14. The Bertz CT molecular complexity index is 574. The number of halogens is 1. The first-order valence-electron chi connectivity index (χ1n) is 6.89. The number of benzene rings is 1. The van der Waals surface area contributed by atoms with Crippen LogP contribution in [0.4, 0.5) is 4.39 Å².